The third kappa shape index (κ3) is 4.05. The summed E-state index contributed by atoms with van der Waals surface area (Å²) in [5.74, 6) is 1.90. The zero-order valence-corrected chi connectivity index (χ0v) is 12.8. The Labute approximate surface area is 124 Å². The summed E-state index contributed by atoms with van der Waals surface area (Å²) in [6.45, 7) is 4.41. The first-order chi connectivity index (χ1) is 9.58. The van der Waals surface area contributed by atoms with Gasteiger partial charge in [0.05, 0.1) is 0 Å². The number of hydrogen-bond donors (Lipinski definition) is 1. The minimum absolute atomic E-state index is 0.355. The fraction of sp³-hybridized carbons (Fsp3) is 0.467. The van der Waals surface area contributed by atoms with Crippen LogP contribution in [0, 0.1) is 5.92 Å². The van der Waals surface area contributed by atoms with Crippen molar-refractivity contribution in [1.29, 1.82) is 0 Å². The van der Waals surface area contributed by atoms with Gasteiger partial charge in [-0.1, -0.05) is 30.6 Å². The number of nitrogens with zero attached hydrogens (tertiary/aromatic N) is 2. The molecule has 0 radical (unpaired) electrons. The molecule has 0 fully saturated rings. The number of nitrogens with one attached hydrogen (secondary N) is 1. The molecule has 108 valence electrons. The molecule has 4 nitrogen and oxygen atoms in total. The van der Waals surface area contributed by atoms with E-state index in [0.717, 1.165) is 18.4 Å². The minimum atomic E-state index is 0.355. The number of hydrogen-bond acceptors (Lipinski definition) is 4. The van der Waals surface area contributed by atoms with E-state index in [0.29, 0.717) is 28.7 Å². The van der Waals surface area contributed by atoms with Gasteiger partial charge in [-0.15, -0.1) is 0 Å². The highest BCUT2D eigenvalue weighted by atomic mass is 35.5. The molecular formula is C15H20ClN3O. The van der Waals surface area contributed by atoms with E-state index in [1.165, 1.54) is 0 Å². The molecule has 0 spiro atoms. The number of halogens is 1. The fourth-order valence-electron chi connectivity index (χ4n) is 2.14. The van der Waals surface area contributed by atoms with Crippen LogP contribution in [-0.4, -0.2) is 23.2 Å². The first kappa shape index (κ1) is 15.0. The maximum atomic E-state index is 5.87. The third-order valence-corrected chi connectivity index (χ3v) is 3.41. The Hall–Kier alpha value is -1.39. The summed E-state index contributed by atoms with van der Waals surface area (Å²) >= 11 is 5.87. The van der Waals surface area contributed by atoms with Crippen molar-refractivity contribution >= 4 is 11.6 Å². The van der Waals surface area contributed by atoms with E-state index in [1.54, 1.807) is 0 Å². The largest absolute Gasteiger partial charge is 0.339 e. The van der Waals surface area contributed by atoms with Crippen LogP contribution in [0.5, 0.6) is 0 Å². The van der Waals surface area contributed by atoms with Crippen molar-refractivity contribution in [3.05, 3.63) is 35.2 Å². The van der Waals surface area contributed by atoms with Gasteiger partial charge < -0.3 is 9.84 Å². The quantitative estimate of drug-likeness (QED) is 0.884. The Morgan fingerprint density at radius 2 is 1.95 bits per heavy atom. The summed E-state index contributed by atoms with van der Waals surface area (Å²) in [5.41, 5.74) is 0.911. The van der Waals surface area contributed by atoms with Crippen molar-refractivity contribution < 1.29 is 4.52 Å². The lowest BCUT2D eigenvalue weighted by Gasteiger charge is -2.15. The zero-order valence-electron chi connectivity index (χ0n) is 12.1. The van der Waals surface area contributed by atoms with Crippen molar-refractivity contribution in [2.24, 2.45) is 5.92 Å². The molecule has 20 heavy (non-hydrogen) atoms. The summed E-state index contributed by atoms with van der Waals surface area (Å²) in [6.07, 6.45) is 1.82. The highest BCUT2D eigenvalue weighted by molar-refractivity contribution is 6.30. The van der Waals surface area contributed by atoms with Gasteiger partial charge in [-0.05, 0) is 43.7 Å². The lowest BCUT2D eigenvalue weighted by Crippen LogP contribution is -2.29. The molecule has 1 heterocycles. The Bertz CT molecular complexity index is 536. The molecule has 1 unspecified atom stereocenters. The fourth-order valence-corrected chi connectivity index (χ4v) is 2.26. The van der Waals surface area contributed by atoms with Gasteiger partial charge in [-0.25, -0.2) is 0 Å². The molecule has 2 rings (SSSR count). The van der Waals surface area contributed by atoms with Crippen molar-refractivity contribution in [3.63, 3.8) is 0 Å². The minimum Gasteiger partial charge on any atom is -0.339 e. The van der Waals surface area contributed by atoms with Gasteiger partial charge in [0, 0.05) is 23.0 Å². The van der Waals surface area contributed by atoms with Gasteiger partial charge in [0.25, 0.3) is 0 Å². The van der Waals surface area contributed by atoms with Gasteiger partial charge in [-0.2, -0.15) is 4.98 Å². The summed E-state index contributed by atoms with van der Waals surface area (Å²) in [5, 5.41) is 8.02. The Balaban J connectivity index is 2.06. The second kappa shape index (κ2) is 6.86. The predicted octanol–water partition coefficient (Wildman–Crippen LogP) is 3.57. The maximum Gasteiger partial charge on any atom is 0.228 e. The Morgan fingerprint density at radius 1 is 1.25 bits per heavy atom. The predicted molar refractivity (Wildman–Crippen MR) is 80.8 cm³/mol. The summed E-state index contributed by atoms with van der Waals surface area (Å²) in [4.78, 5) is 4.44. The van der Waals surface area contributed by atoms with E-state index in [4.69, 9.17) is 16.1 Å². The third-order valence-electron chi connectivity index (χ3n) is 3.16. The Morgan fingerprint density at radius 3 is 2.55 bits per heavy atom. The molecule has 0 saturated heterocycles. The van der Waals surface area contributed by atoms with Crippen LogP contribution in [0.1, 0.15) is 26.2 Å². The van der Waals surface area contributed by atoms with Crippen LogP contribution in [0.25, 0.3) is 11.4 Å². The van der Waals surface area contributed by atoms with E-state index >= 15 is 0 Å². The van der Waals surface area contributed by atoms with E-state index in [1.807, 2.05) is 31.3 Å². The molecular weight excluding hydrogens is 274 g/mol. The summed E-state index contributed by atoms with van der Waals surface area (Å²) < 4.78 is 5.33. The lowest BCUT2D eigenvalue weighted by molar-refractivity contribution is 0.345. The van der Waals surface area contributed by atoms with Crippen molar-refractivity contribution in [1.82, 2.24) is 15.5 Å². The van der Waals surface area contributed by atoms with Crippen LogP contribution in [0.4, 0.5) is 0 Å². The van der Waals surface area contributed by atoms with Crippen LogP contribution < -0.4 is 5.32 Å². The molecule has 5 heteroatoms. The van der Waals surface area contributed by atoms with Crippen LogP contribution in [0.3, 0.4) is 0 Å². The van der Waals surface area contributed by atoms with Gasteiger partial charge in [0.2, 0.25) is 11.7 Å². The van der Waals surface area contributed by atoms with Gasteiger partial charge in [-0.3, -0.25) is 0 Å². The molecule has 2 aromatic rings. The maximum absolute atomic E-state index is 5.87. The molecule has 0 amide bonds. The van der Waals surface area contributed by atoms with E-state index in [9.17, 15) is 0 Å². The summed E-state index contributed by atoms with van der Waals surface area (Å²) in [7, 11) is 1.96. The van der Waals surface area contributed by atoms with Crippen LogP contribution >= 0.6 is 11.6 Å². The average Bonchev–Trinajstić information content (AvgIpc) is 2.87. The average molecular weight is 294 g/mol. The second-order valence-electron chi connectivity index (χ2n) is 5.34. The summed E-state index contributed by atoms with van der Waals surface area (Å²) in [6, 6.07) is 7.78. The van der Waals surface area contributed by atoms with Crippen molar-refractivity contribution in [3.8, 4) is 11.4 Å². The molecule has 1 aromatic heterocycles. The van der Waals surface area contributed by atoms with Crippen LogP contribution in [-0.2, 0) is 6.42 Å². The highest BCUT2D eigenvalue weighted by Crippen LogP contribution is 2.19. The van der Waals surface area contributed by atoms with E-state index in [-0.39, 0.29) is 0 Å². The second-order valence-corrected chi connectivity index (χ2v) is 5.77. The standard InChI is InChI=1S/C15H20ClN3O/c1-10(2)8-13(17-3)9-14-18-15(19-20-14)11-4-6-12(16)7-5-11/h4-7,10,13,17H,8-9H2,1-3H3. The van der Waals surface area contributed by atoms with E-state index < -0.39 is 0 Å². The molecule has 0 saturated carbocycles. The molecule has 0 aliphatic heterocycles. The Kier molecular flexibility index (Phi) is 5.15. The van der Waals surface area contributed by atoms with Crippen molar-refractivity contribution in [2.75, 3.05) is 7.05 Å². The number of benzene rings is 1. The number of aromatic nitrogens is 2. The first-order valence-corrected chi connectivity index (χ1v) is 7.22. The lowest BCUT2D eigenvalue weighted by atomic mass is 10.0. The molecule has 1 atom stereocenters. The zero-order chi connectivity index (χ0) is 14.5. The number of likely N-dealkylation sites (N-methyl/N-ethyl adjacent to an activating group) is 1. The van der Waals surface area contributed by atoms with Crippen LogP contribution in [0.2, 0.25) is 5.02 Å². The molecule has 1 N–H and O–H groups in total. The van der Waals surface area contributed by atoms with Gasteiger partial charge in [0.1, 0.15) is 0 Å². The smallest absolute Gasteiger partial charge is 0.228 e. The molecule has 0 aliphatic rings. The number of rotatable bonds is 6. The van der Waals surface area contributed by atoms with Crippen LogP contribution in [0.15, 0.2) is 28.8 Å². The van der Waals surface area contributed by atoms with Gasteiger partial charge in [0.15, 0.2) is 0 Å². The highest BCUT2D eigenvalue weighted by Gasteiger charge is 2.15. The normalized spacial score (nSPS) is 12.8. The van der Waals surface area contributed by atoms with E-state index in [2.05, 4.69) is 29.3 Å². The molecule has 1 aromatic carbocycles. The van der Waals surface area contributed by atoms with Gasteiger partial charge >= 0.3 is 0 Å². The SMILES string of the molecule is CNC(Cc1nc(-c2ccc(Cl)cc2)no1)CC(C)C. The monoisotopic (exact) mass is 293 g/mol. The van der Waals surface area contributed by atoms with Crippen molar-refractivity contribution in [2.45, 2.75) is 32.7 Å². The topological polar surface area (TPSA) is 51.0 Å². The molecule has 0 aliphatic carbocycles. The first-order valence-electron chi connectivity index (χ1n) is 6.84. The molecule has 0 bridgehead atoms.